The number of halogens is 4. The summed E-state index contributed by atoms with van der Waals surface area (Å²) < 4.78 is 36.5. The van der Waals surface area contributed by atoms with Gasteiger partial charge >= 0.3 is 6.18 Å². The highest BCUT2D eigenvalue weighted by Crippen LogP contribution is 2.29. The summed E-state index contributed by atoms with van der Waals surface area (Å²) in [6.45, 7) is 0. The van der Waals surface area contributed by atoms with Gasteiger partial charge in [-0.3, -0.25) is 0 Å². The van der Waals surface area contributed by atoms with Crippen molar-refractivity contribution in [2.45, 2.75) is 18.0 Å². The zero-order valence-corrected chi connectivity index (χ0v) is 8.35. The Morgan fingerprint density at radius 1 is 1.27 bits per heavy atom. The van der Waals surface area contributed by atoms with Crippen molar-refractivity contribution in [1.82, 2.24) is 0 Å². The van der Waals surface area contributed by atoms with Gasteiger partial charge in [0, 0.05) is 0 Å². The van der Waals surface area contributed by atoms with Crippen LogP contribution in [-0.2, 0) is 17.4 Å². The predicted molar refractivity (Wildman–Crippen MR) is 50.9 cm³/mol. The third-order valence-electron chi connectivity index (χ3n) is 1.86. The van der Waals surface area contributed by atoms with Crippen LogP contribution in [0.1, 0.15) is 11.1 Å². The van der Waals surface area contributed by atoms with Crippen molar-refractivity contribution in [3.8, 4) is 0 Å². The molecule has 1 nitrogen and oxygen atoms in total. The van der Waals surface area contributed by atoms with E-state index in [-0.39, 0.29) is 6.42 Å². The molecule has 0 spiro atoms. The molecule has 5 heteroatoms. The molecule has 0 aliphatic rings. The molecule has 1 unspecified atom stereocenters. The van der Waals surface area contributed by atoms with Crippen molar-refractivity contribution in [3.63, 3.8) is 0 Å². The minimum Gasteiger partial charge on any atom is -0.302 e. The van der Waals surface area contributed by atoms with Crippen LogP contribution in [-0.4, -0.2) is 11.7 Å². The number of rotatable bonds is 3. The molecule has 0 heterocycles. The molecule has 1 aromatic carbocycles. The van der Waals surface area contributed by atoms with Crippen LogP contribution in [0.3, 0.4) is 0 Å². The summed E-state index contributed by atoms with van der Waals surface area (Å²) in [5, 5.41) is -0.693. The third kappa shape index (κ3) is 3.55. The highest BCUT2D eigenvalue weighted by molar-refractivity contribution is 6.27. The van der Waals surface area contributed by atoms with E-state index in [4.69, 9.17) is 11.6 Å². The Morgan fingerprint density at radius 2 is 1.80 bits per heavy atom. The smallest absolute Gasteiger partial charge is 0.302 e. The van der Waals surface area contributed by atoms with E-state index in [2.05, 4.69) is 0 Å². The van der Waals surface area contributed by atoms with Crippen LogP contribution in [0.5, 0.6) is 0 Å². The normalized spacial score (nSPS) is 13.6. The SMILES string of the molecule is O=CC(Cl)Cc1ccc(C(F)(F)F)cc1. The van der Waals surface area contributed by atoms with Crippen LogP contribution in [0, 0.1) is 0 Å². The summed E-state index contributed by atoms with van der Waals surface area (Å²) in [7, 11) is 0. The zero-order chi connectivity index (χ0) is 11.5. The zero-order valence-electron chi connectivity index (χ0n) is 7.59. The van der Waals surface area contributed by atoms with Crippen LogP contribution in [0.25, 0.3) is 0 Å². The summed E-state index contributed by atoms with van der Waals surface area (Å²) in [6, 6.07) is 4.59. The molecule has 0 saturated heterocycles. The van der Waals surface area contributed by atoms with E-state index >= 15 is 0 Å². The van der Waals surface area contributed by atoms with Crippen molar-refractivity contribution in [2.24, 2.45) is 0 Å². The largest absolute Gasteiger partial charge is 0.416 e. The van der Waals surface area contributed by atoms with Gasteiger partial charge in [-0.15, -0.1) is 11.6 Å². The molecule has 0 saturated carbocycles. The van der Waals surface area contributed by atoms with E-state index < -0.39 is 17.1 Å². The number of benzene rings is 1. The monoisotopic (exact) mass is 236 g/mol. The van der Waals surface area contributed by atoms with Crippen molar-refractivity contribution in [2.75, 3.05) is 0 Å². The second-order valence-electron chi connectivity index (χ2n) is 3.05. The molecule has 0 aromatic heterocycles. The molecule has 1 rings (SSSR count). The number of carbonyl (C=O) groups is 1. The van der Waals surface area contributed by atoms with Gasteiger partial charge in [-0.05, 0) is 24.1 Å². The van der Waals surface area contributed by atoms with E-state index in [9.17, 15) is 18.0 Å². The number of hydrogen-bond acceptors (Lipinski definition) is 1. The lowest BCUT2D eigenvalue weighted by Crippen LogP contribution is -2.07. The molecule has 15 heavy (non-hydrogen) atoms. The molecule has 82 valence electrons. The van der Waals surface area contributed by atoms with E-state index in [1.807, 2.05) is 0 Å². The van der Waals surface area contributed by atoms with E-state index in [0.29, 0.717) is 11.8 Å². The molecular weight excluding hydrogens is 229 g/mol. The molecule has 0 aliphatic heterocycles. The quantitative estimate of drug-likeness (QED) is 0.582. The van der Waals surface area contributed by atoms with E-state index in [1.54, 1.807) is 0 Å². The van der Waals surface area contributed by atoms with Crippen molar-refractivity contribution in [1.29, 1.82) is 0 Å². The van der Waals surface area contributed by atoms with Crippen LogP contribution >= 0.6 is 11.6 Å². The maximum atomic E-state index is 12.2. The lowest BCUT2D eigenvalue weighted by molar-refractivity contribution is -0.137. The molecule has 0 fully saturated rings. The predicted octanol–water partition coefficient (Wildman–Crippen LogP) is 3.05. The average molecular weight is 237 g/mol. The summed E-state index contributed by atoms with van der Waals surface area (Å²) in [5.74, 6) is 0. The maximum Gasteiger partial charge on any atom is 0.416 e. The fourth-order valence-electron chi connectivity index (χ4n) is 1.10. The van der Waals surface area contributed by atoms with Crippen molar-refractivity contribution in [3.05, 3.63) is 35.4 Å². The van der Waals surface area contributed by atoms with Gasteiger partial charge in [0.2, 0.25) is 0 Å². The number of hydrogen-bond donors (Lipinski definition) is 0. The maximum absolute atomic E-state index is 12.2. The standard InChI is InChI=1S/C10H8ClF3O/c11-9(6-15)5-7-1-3-8(4-2-7)10(12,13)14/h1-4,6,9H,5H2. The lowest BCUT2D eigenvalue weighted by Gasteiger charge is -2.07. The van der Waals surface area contributed by atoms with Gasteiger partial charge in [-0.1, -0.05) is 12.1 Å². The van der Waals surface area contributed by atoms with Gasteiger partial charge in [0.1, 0.15) is 6.29 Å². The minimum atomic E-state index is -4.33. The highest BCUT2D eigenvalue weighted by Gasteiger charge is 2.29. The lowest BCUT2D eigenvalue weighted by atomic mass is 10.1. The summed E-state index contributed by atoms with van der Waals surface area (Å²) in [5.41, 5.74) is -0.0985. The van der Waals surface area contributed by atoms with Crippen LogP contribution in [0.15, 0.2) is 24.3 Å². The van der Waals surface area contributed by atoms with Gasteiger partial charge < -0.3 is 4.79 Å². The number of carbonyl (C=O) groups excluding carboxylic acids is 1. The van der Waals surface area contributed by atoms with Crippen LogP contribution in [0.4, 0.5) is 13.2 Å². The second-order valence-corrected chi connectivity index (χ2v) is 3.61. The number of alkyl halides is 4. The summed E-state index contributed by atoms with van der Waals surface area (Å²) in [4.78, 5) is 10.2. The Labute approximate surface area is 89.9 Å². The first-order valence-electron chi connectivity index (χ1n) is 4.19. The van der Waals surface area contributed by atoms with Gasteiger partial charge in [0.15, 0.2) is 0 Å². The Morgan fingerprint density at radius 3 is 2.20 bits per heavy atom. The Kier molecular flexibility index (Phi) is 3.74. The summed E-state index contributed by atoms with van der Waals surface area (Å²) in [6.07, 6.45) is -3.54. The minimum absolute atomic E-state index is 0.239. The molecule has 0 amide bonds. The van der Waals surface area contributed by atoms with E-state index in [0.717, 1.165) is 12.1 Å². The van der Waals surface area contributed by atoms with Gasteiger partial charge in [0.25, 0.3) is 0 Å². The Bertz CT molecular complexity index is 332. The fourth-order valence-corrected chi connectivity index (χ4v) is 1.28. The van der Waals surface area contributed by atoms with Gasteiger partial charge in [0.05, 0.1) is 10.9 Å². The van der Waals surface area contributed by atoms with Gasteiger partial charge in [-0.2, -0.15) is 13.2 Å². The molecular formula is C10H8ClF3O. The molecule has 0 aliphatic carbocycles. The van der Waals surface area contributed by atoms with Crippen molar-refractivity contribution < 1.29 is 18.0 Å². The fraction of sp³-hybridized carbons (Fsp3) is 0.300. The second kappa shape index (κ2) is 4.66. The first-order chi connectivity index (χ1) is 6.93. The first kappa shape index (κ1) is 12.0. The Hall–Kier alpha value is -1.03. The van der Waals surface area contributed by atoms with Crippen LogP contribution in [0.2, 0.25) is 0 Å². The average Bonchev–Trinajstić information content (AvgIpc) is 2.17. The molecule has 0 bridgehead atoms. The molecule has 1 aromatic rings. The molecule has 0 radical (unpaired) electrons. The first-order valence-corrected chi connectivity index (χ1v) is 4.62. The molecule has 0 N–H and O–H groups in total. The van der Waals surface area contributed by atoms with E-state index in [1.165, 1.54) is 12.1 Å². The van der Waals surface area contributed by atoms with Gasteiger partial charge in [-0.25, -0.2) is 0 Å². The Balaban J connectivity index is 2.77. The summed E-state index contributed by atoms with van der Waals surface area (Å²) >= 11 is 5.54. The topological polar surface area (TPSA) is 17.1 Å². The molecule has 1 atom stereocenters. The third-order valence-corrected chi connectivity index (χ3v) is 2.12. The van der Waals surface area contributed by atoms with Crippen LogP contribution < -0.4 is 0 Å². The van der Waals surface area contributed by atoms with Crippen molar-refractivity contribution >= 4 is 17.9 Å². The number of aldehydes is 1. The highest BCUT2D eigenvalue weighted by atomic mass is 35.5.